The first-order valence-corrected chi connectivity index (χ1v) is 9.69. The lowest BCUT2D eigenvalue weighted by Gasteiger charge is -2.37. The van der Waals surface area contributed by atoms with E-state index in [1.54, 1.807) is 18.2 Å². The minimum Gasteiger partial charge on any atom is -0.348 e. The number of benzene rings is 2. The van der Waals surface area contributed by atoms with Gasteiger partial charge in [0.15, 0.2) is 0 Å². The number of amides is 1. The second-order valence-electron chi connectivity index (χ2n) is 7.36. The van der Waals surface area contributed by atoms with Crippen LogP contribution in [0.2, 0.25) is 0 Å². The molecule has 1 aliphatic heterocycles. The first-order valence-electron chi connectivity index (χ1n) is 9.69. The Morgan fingerprint density at radius 2 is 1.64 bits per heavy atom. The van der Waals surface area contributed by atoms with Gasteiger partial charge in [0.1, 0.15) is 11.6 Å². The second-order valence-corrected chi connectivity index (χ2v) is 7.36. The van der Waals surface area contributed by atoms with Gasteiger partial charge in [0.2, 0.25) is 5.91 Å². The third-order valence-corrected chi connectivity index (χ3v) is 5.41. The Kier molecular flexibility index (Phi) is 6.75. The number of hydrogen-bond donors (Lipinski definition) is 1. The monoisotopic (exact) mass is 387 g/mol. The molecule has 2 aromatic rings. The SMILES string of the molecule is C[C@H](NC(=O)[C@@H](C)N1CCN(Cc2ccccc2F)CC1)c1ccc(F)cc1. The van der Waals surface area contributed by atoms with Crippen molar-refractivity contribution >= 4 is 5.91 Å². The summed E-state index contributed by atoms with van der Waals surface area (Å²) in [5.74, 6) is -0.504. The molecule has 0 saturated carbocycles. The van der Waals surface area contributed by atoms with Crippen molar-refractivity contribution in [3.63, 3.8) is 0 Å². The van der Waals surface area contributed by atoms with Crippen LogP contribution in [0.1, 0.15) is 31.0 Å². The zero-order chi connectivity index (χ0) is 20.1. The van der Waals surface area contributed by atoms with E-state index in [1.165, 1.54) is 18.2 Å². The van der Waals surface area contributed by atoms with Gasteiger partial charge in [-0.2, -0.15) is 0 Å². The van der Waals surface area contributed by atoms with Crippen LogP contribution in [-0.4, -0.2) is 47.9 Å². The van der Waals surface area contributed by atoms with Crippen LogP contribution in [0.5, 0.6) is 0 Å². The number of piperazine rings is 1. The van der Waals surface area contributed by atoms with Crippen LogP contribution >= 0.6 is 0 Å². The minimum atomic E-state index is -0.288. The van der Waals surface area contributed by atoms with Crippen LogP contribution in [0.4, 0.5) is 8.78 Å². The van der Waals surface area contributed by atoms with Crippen LogP contribution in [-0.2, 0) is 11.3 Å². The van der Waals surface area contributed by atoms with Crippen molar-refractivity contribution < 1.29 is 13.6 Å². The summed E-state index contributed by atoms with van der Waals surface area (Å²) in [5, 5.41) is 3.00. The van der Waals surface area contributed by atoms with Crippen molar-refractivity contribution in [2.45, 2.75) is 32.5 Å². The minimum absolute atomic E-state index is 0.0422. The van der Waals surface area contributed by atoms with Crippen molar-refractivity contribution in [2.24, 2.45) is 0 Å². The molecule has 0 unspecified atom stereocenters. The number of rotatable bonds is 6. The zero-order valence-corrected chi connectivity index (χ0v) is 16.4. The maximum absolute atomic E-state index is 13.8. The van der Waals surface area contributed by atoms with Crippen LogP contribution in [0.25, 0.3) is 0 Å². The van der Waals surface area contributed by atoms with Crippen LogP contribution < -0.4 is 5.32 Å². The number of nitrogens with zero attached hydrogens (tertiary/aromatic N) is 2. The highest BCUT2D eigenvalue weighted by atomic mass is 19.1. The largest absolute Gasteiger partial charge is 0.348 e. The molecule has 1 aliphatic rings. The number of carbonyl (C=O) groups is 1. The highest BCUT2D eigenvalue weighted by Crippen LogP contribution is 2.16. The molecule has 1 N–H and O–H groups in total. The molecule has 1 fully saturated rings. The molecule has 4 nitrogen and oxygen atoms in total. The van der Waals surface area contributed by atoms with Gasteiger partial charge in [0.25, 0.3) is 0 Å². The summed E-state index contributed by atoms with van der Waals surface area (Å²) in [6.45, 7) is 7.48. The first kappa shape index (κ1) is 20.4. The predicted molar refractivity (Wildman–Crippen MR) is 106 cm³/mol. The number of nitrogens with one attached hydrogen (secondary N) is 1. The molecule has 0 bridgehead atoms. The van der Waals surface area contributed by atoms with Crippen molar-refractivity contribution in [1.29, 1.82) is 0 Å². The van der Waals surface area contributed by atoms with Gasteiger partial charge in [-0.25, -0.2) is 8.78 Å². The molecule has 150 valence electrons. The van der Waals surface area contributed by atoms with Gasteiger partial charge < -0.3 is 5.32 Å². The number of hydrogen-bond acceptors (Lipinski definition) is 3. The summed E-state index contributed by atoms with van der Waals surface area (Å²) < 4.78 is 26.9. The fourth-order valence-corrected chi connectivity index (χ4v) is 3.51. The predicted octanol–water partition coefficient (Wildman–Crippen LogP) is 3.35. The van der Waals surface area contributed by atoms with Crippen molar-refractivity contribution in [3.8, 4) is 0 Å². The molecule has 3 rings (SSSR count). The maximum Gasteiger partial charge on any atom is 0.237 e. The molecule has 0 aliphatic carbocycles. The smallest absolute Gasteiger partial charge is 0.237 e. The van der Waals surface area contributed by atoms with E-state index in [9.17, 15) is 13.6 Å². The van der Waals surface area contributed by atoms with Crippen LogP contribution in [0.15, 0.2) is 48.5 Å². The average Bonchev–Trinajstić information content (AvgIpc) is 2.70. The highest BCUT2D eigenvalue weighted by Gasteiger charge is 2.26. The zero-order valence-electron chi connectivity index (χ0n) is 16.4. The summed E-state index contributed by atoms with van der Waals surface area (Å²) >= 11 is 0. The van der Waals surface area contributed by atoms with E-state index in [2.05, 4.69) is 15.1 Å². The van der Waals surface area contributed by atoms with Gasteiger partial charge in [-0.3, -0.25) is 14.6 Å². The molecule has 2 aromatic carbocycles. The van der Waals surface area contributed by atoms with Gasteiger partial charge in [-0.1, -0.05) is 30.3 Å². The Hall–Kier alpha value is -2.31. The maximum atomic E-state index is 13.8. The van der Waals surface area contributed by atoms with E-state index in [-0.39, 0.29) is 29.6 Å². The van der Waals surface area contributed by atoms with Crippen molar-refractivity contribution in [3.05, 3.63) is 71.3 Å². The Labute approximate surface area is 165 Å². The van der Waals surface area contributed by atoms with Gasteiger partial charge in [0.05, 0.1) is 12.1 Å². The van der Waals surface area contributed by atoms with Crippen molar-refractivity contribution in [2.75, 3.05) is 26.2 Å². The van der Waals surface area contributed by atoms with Crippen LogP contribution in [0.3, 0.4) is 0 Å². The van der Waals surface area contributed by atoms with E-state index in [0.29, 0.717) is 12.1 Å². The topological polar surface area (TPSA) is 35.6 Å². The first-order chi connectivity index (χ1) is 13.4. The third-order valence-electron chi connectivity index (χ3n) is 5.41. The van der Waals surface area contributed by atoms with E-state index in [1.807, 2.05) is 26.0 Å². The van der Waals surface area contributed by atoms with Gasteiger partial charge in [-0.15, -0.1) is 0 Å². The normalized spacial score (nSPS) is 17.9. The lowest BCUT2D eigenvalue weighted by atomic mass is 10.1. The molecule has 1 heterocycles. The molecule has 0 spiro atoms. The molecule has 1 saturated heterocycles. The quantitative estimate of drug-likeness (QED) is 0.826. The van der Waals surface area contributed by atoms with Gasteiger partial charge in [0, 0.05) is 38.3 Å². The molecule has 28 heavy (non-hydrogen) atoms. The lowest BCUT2D eigenvalue weighted by Crippen LogP contribution is -2.53. The summed E-state index contributed by atoms with van der Waals surface area (Å²) in [4.78, 5) is 17.0. The fraction of sp³-hybridized carbons (Fsp3) is 0.409. The van der Waals surface area contributed by atoms with E-state index in [4.69, 9.17) is 0 Å². The van der Waals surface area contributed by atoms with E-state index >= 15 is 0 Å². The fourth-order valence-electron chi connectivity index (χ4n) is 3.51. The van der Waals surface area contributed by atoms with E-state index in [0.717, 1.165) is 31.7 Å². The number of carbonyl (C=O) groups excluding carboxylic acids is 1. The molecule has 0 aromatic heterocycles. The third kappa shape index (κ3) is 5.14. The molecule has 6 heteroatoms. The van der Waals surface area contributed by atoms with Gasteiger partial charge in [-0.05, 0) is 37.6 Å². The Morgan fingerprint density at radius 1 is 1.00 bits per heavy atom. The Balaban J connectivity index is 1.48. The Bertz CT molecular complexity index is 789. The van der Waals surface area contributed by atoms with Gasteiger partial charge >= 0.3 is 0 Å². The molecular weight excluding hydrogens is 360 g/mol. The second kappa shape index (κ2) is 9.26. The summed E-state index contributed by atoms with van der Waals surface area (Å²) in [7, 11) is 0. The molecular formula is C22H27F2N3O. The molecule has 2 atom stereocenters. The van der Waals surface area contributed by atoms with Crippen LogP contribution in [0, 0.1) is 11.6 Å². The molecule has 0 radical (unpaired) electrons. The summed E-state index contributed by atoms with van der Waals surface area (Å²) in [6, 6.07) is 12.6. The highest BCUT2D eigenvalue weighted by molar-refractivity contribution is 5.81. The average molecular weight is 387 g/mol. The number of halogens is 2. The molecule has 1 amide bonds. The van der Waals surface area contributed by atoms with E-state index < -0.39 is 0 Å². The summed E-state index contributed by atoms with van der Waals surface area (Å²) in [5.41, 5.74) is 1.58. The standard InChI is InChI=1S/C22H27F2N3O/c1-16(18-7-9-20(23)10-8-18)25-22(28)17(2)27-13-11-26(12-14-27)15-19-5-3-4-6-21(19)24/h3-10,16-17H,11-15H2,1-2H3,(H,25,28)/t16-,17+/m0/s1. The lowest BCUT2D eigenvalue weighted by molar-refractivity contribution is -0.127. The van der Waals surface area contributed by atoms with Crippen molar-refractivity contribution in [1.82, 2.24) is 15.1 Å². The summed E-state index contributed by atoms with van der Waals surface area (Å²) in [6.07, 6.45) is 0. The Morgan fingerprint density at radius 3 is 2.29 bits per heavy atom.